The molecule has 26 heavy (non-hydrogen) atoms. The third-order valence-corrected chi connectivity index (χ3v) is 4.66. The summed E-state index contributed by atoms with van der Waals surface area (Å²) in [5.74, 6) is 1.50. The van der Waals surface area contributed by atoms with Gasteiger partial charge in [0.1, 0.15) is 5.75 Å². The molecule has 0 amide bonds. The predicted octanol–water partition coefficient (Wildman–Crippen LogP) is 1.96. The average molecular weight is 354 g/mol. The topological polar surface area (TPSA) is 61.5 Å². The minimum atomic E-state index is -0.00915. The molecule has 0 unspecified atom stereocenters. The number of aromatic nitrogens is 2. The fourth-order valence-electron chi connectivity index (χ4n) is 3.17. The zero-order valence-corrected chi connectivity index (χ0v) is 15.7. The minimum Gasteiger partial charge on any atom is -0.496 e. The van der Waals surface area contributed by atoms with Crippen LogP contribution in [0, 0.1) is 0 Å². The molecule has 0 saturated heterocycles. The van der Waals surface area contributed by atoms with Gasteiger partial charge >= 0.3 is 0 Å². The molecule has 3 rings (SSSR count). The van der Waals surface area contributed by atoms with E-state index in [1.807, 2.05) is 43.3 Å². The quantitative estimate of drug-likeness (QED) is 0.889. The lowest BCUT2D eigenvalue weighted by atomic mass is 10.1. The van der Waals surface area contributed by atoms with Crippen LogP contribution in [-0.2, 0) is 12.8 Å². The Hall–Kier alpha value is -2.60. The molecule has 1 aliphatic rings. The molecule has 0 radical (unpaired) electrons. The van der Waals surface area contributed by atoms with Crippen LogP contribution in [0.15, 0.2) is 35.1 Å². The summed E-state index contributed by atoms with van der Waals surface area (Å²) >= 11 is 0. The fraction of sp³-hybridized carbons (Fsp3) is 0.400. The Kier molecular flexibility index (Phi) is 5.73. The van der Waals surface area contributed by atoms with Gasteiger partial charge in [-0.05, 0) is 12.5 Å². The number of hydrogen-bond donors (Lipinski definition) is 1. The number of fused-ring (bicyclic) bond motifs is 1. The van der Waals surface area contributed by atoms with Gasteiger partial charge in [-0.1, -0.05) is 30.4 Å². The van der Waals surface area contributed by atoms with E-state index in [2.05, 4.69) is 27.0 Å². The standard InChI is InChI=1S/C20H26N4O2/c1-23(2)20-21-17-11-14-24(13-10-16(17)19(25)22-20)12-6-8-15-7-4-5-9-18(15)26-3/h4-9H,10-14H2,1-3H3,(H,21,22,25). The number of benzene rings is 1. The van der Waals surface area contributed by atoms with Crippen LogP contribution in [0.4, 0.5) is 5.95 Å². The third-order valence-electron chi connectivity index (χ3n) is 4.66. The molecular weight excluding hydrogens is 328 g/mol. The summed E-state index contributed by atoms with van der Waals surface area (Å²) < 4.78 is 5.38. The van der Waals surface area contributed by atoms with Crippen molar-refractivity contribution >= 4 is 12.0 Å². The summed E-state index contributed by atoms with van der Waals surface area (Å²) in [7, 11) is 5.46. The van der Waals surface area contributed by atoms with Gasteiger partial charge in [0.15, 0.2) is 0 Å². The second-order valence-corrected chi connectivity index (χ2v) is 6.65. The van der Waals surface area contributed by atoms with Gasteiger partial charge < -0.3 is 9.64 Å². The van der Waals surface area contributed by atoms with Crippen molar-refractivity contribution in [3.05, 3.63) is 57.5 Å². The minimum absolute atomic E-state index is 0.00915. The predicted molar refractivity (Wildman–Crippen MR) is 105 cm³/mol. The molecule has 1 aromatic carbocycles. The zero-order valence-electron chi connectivity index (χ0n) is 15.7. The van der Waals surface area contributed by atoms with Crippen LogP contribution in [0.5, 0.6) is 5.75 Å². The molecule has 1 N–H and O–H groups in total. The van der Waals surface area contributed by atoms with Gasteiger partial charge in [-0.15, -0.1) is 0 Å². The van der Waals surface area contributed by atoms with E-state index in [-0.39, 0.29) is 5.56 Å². The van der Waals surface area contributed by atoms with Crippen molar-refractivity contribution in [1.82, 2.24) is 14.9 Å². The Morgan fingerprint density at radius 1 is 1.27 bits per heavy atom. The molecule has 0 fully saturated rings. The molecule has 138 valence electrons. The number of nitrogens with zero attached hydrogens (tertiary/aromatic N) is 3. The van der Waals surface area contributed by atoms with Crippen LogP contribution in [0.3, 0.4) is 0 Å². The highest BCUT2D eigenvalue weighted by Crippen LogP contribution is 2.19. The van der Waals surface area contributed by atoms with E-state index in [1.165, 1.54) is 0 Å². The van der Waals surface area contributed by atoms with Crippen molar-refractivity contribution in [3.8, 4) is 5.75 Å². The summed E-state index contributed by atoms with van der Waals surface area (Å²) in [5, 5.41) is 0. The van der Waals surface area contributed by atoms with Crippen molar-refractivity contribution in [1.29, 1.82) is 0 Å². The van der Waals surface area contributed by atoms with Crippen LogP contribution >= 0.6 is 0 Å². The number of aromatic amines is 1. The maximum Gasteiger partial charge on any atom is 0.255 e. The lowest BCUT2D eigenvalue weighted by molar-refractivity contribution is 0.318. The third kappa shape index (κ3) is 4.14. The van der Waals surface area contributed by atoms with E-state index in [1.54, 1.807) is 7.11 Å². The molecule has 1 aromatic heterocycles. The number of ether oxygens (including phenoxy) is 1. The highest BCUT2D eigenvalue weighted by Gasteiger charge is 2.18. The highest BCUT2D eigenvalue weighted by atomic mass is 16.5. The lowest BCUT2D eigenvalue weighted by Gasteiger charge is -2.17. The molecule has 6 heteroatoms. The molecule has 2 heterocycles. The summed E-state index contributed by atoms with van der Waals surface area (Å²) in [5.41, 5.74) is 2.81. The summed E-state index contributed by atoms with van der Waals surface area (Å²) in [6.07, 6.45) is 5.76. The summed E-state index contributed by atoms with van der Waals surface area (Å²) in [6, 6.07) is 7.97. The Balaban J connectivity index is 1.67. The normalized spacial score (nSPS) is 14.9. The number of H-pyrrole nitrogens is 1. The molecule has 0 bridgehead atoms. The van der Waals surface area contributed by atoms with Gasteiger partial charge in [-0.2, -0.15) is 0 Å². The van der Waals surface area contributed by atoms with Crippen molar-refractivity contribution in [2.45, 2.75) is 12.8 Å². The Morgan fingerprint density at radius 3 is 2.81 bits per heavy atom. The van der Waals surface area contributed by atoms with Gasteiger partial charge in [-0.3, -0.25) is 14.7 Å². The van der Waals surface area contributed by atoms with Crippen LogP contribution < -0.4 is 15.2 Å². The number of anilines is 1. The van der Waals surface area contributed by atoms with E-state index in [9.17, 15) is 4.79 Å². The second kappa shape index (κ2) is 8.19. The molecule has 2 aromatic rings. The van der Waals surface area contributed by atoms with E-state index < -0.39 is 0 Å². The van der Waals surface area contributed by atoms with E-state index in [0.717, 1.165) is 55.0 Å². The monoisotopic (exact) mass is 354 g/mol. The Bertz CT molecular complexity index is 842. The first-order valence-corrected chi connectivity index (χ1v) is 8.90. The molecule has 0 atom stereocenters. The van der Waals surface area contributed by atoms with Crippen molar-refractivity contribution < 1.29 is 4.74 Å². The van der Waals surface area contributed by atoms with Crippen LogP contribution in [0.2, 0.25) is 0 Å². The largest absolute Gasteiger partial charge is 0.496 e. The van der Waals surface area contributed by atoms with Gasteiger partial charge in [0, 0.05) is 51.3 Å². The summed E-state index contributed by atoms with van der Waals surface area (Å²) in [6.45, 7) is 2.59. The van der Waals surface area contributed by atoms with Crippen LogP contribution in [0.25, 0.3) is 6.08 Å². The fourth-order valence-corrected chi connectivity index (χ4v) is 3.17. The van der Waals surface area contributed by atoms with Crippen molar-refractivity contribution in [3.63, 3.8) is 0 Å². The molecule has 0 spiro atoms. The number of hydrogen-bond acceptors (Lipinski definition) is 5. The smallest absolute Gasteiger partial charge is 0.255 e. The highest BCUT2D eigenvalue weighted by molar-refractivity contribution is 5.57. The van der Waals surface area contributed by atoms with Gasteiger partial charge in [0.25, 0.3) is 5.56 Å². The average Bonchev–Trinajstić information content (AvgIpc) is 2.85. The molecule has 6 nitrogen and oxygen atoms in total. The van der Waals surface area contributed by atoms with Crippen molar-refractivity contribution in [2.75, 3.05) is 45.7 Å². The molecule has 0 saturated carbocycles. The molecular formula is C20H26N4O2. The SMILES string of the molecule is COc1ccccc1C=CCN1CCc2nc(N(C)C)[nH]c(=O)c2CC1. The van der Waals surface area contributed by atoms with Gasteiger partial charge in [-0.25, -0.2) is 4.98 Å². The first-order valence-electron chi connectivity index (χ1n) is 8.90. The van der Waals surface area contributed by atoms with Crippen LogP contribution in [0.1, 0.15) is 16.8 Å². The van der Waals surface area contributed by atoms with Crippen molar-refractivity contribution in [2.24, 2.45) is 0 Å². The van der Waals surface area contributed by atoms with Gasteiger partial charge in [0.05, 0.1) is 12.8 Å². The first kappa shape index (κ1) is 18.2. The zero-order chi connectivity index (χ0) is 18.5. The molecule has 1 aliphatic heterocycles. The Labute approximate surface area is 154 Å². The maximum atomic E-state index is 12.3. The summed E-state index contributed by atoms with van der Waals surface area (Å²) in [4.78, 5) is 24.0. The second-order valence-electron chi connectivity index (χ2n) is 6.65. The van der Waals surface area contributed by atoms with E-state index >= 15 is 0 Å². The molecule has 0 aliphatic carbocycles. The lowest BCUT2D eigenvalue weighted by Crippen LogP contribution is -2.27. The number of para-hydroxylation sites is 1. The number of nitrogens with one attached hydrogen (secondary N) is 1. The maximum absolute atomic E-state index is 12.3. The van der Waals surface area contributed by atoms with E-state index in [4.69, 9.17) is 4.74 Å². The first-order chi connectivity index (χ1) is 12.6. The van der Waals surface area contributed by atoms with Gasteiger partial charge in [0.2, 0.25) is 5.95 Å². The van der Waals surface area contributed by atoms with Crippen LogP contribution in [-0.4, -0.2) is 55.7 Å². The number of rotatable bonds is 5. The van der Waals surface area contributed by atoms with E-state index in [0.29, 0.717) is 5.95 Å². The number of methoxy groups -OCH3 is 1. The Morgan fingerprint density at radius 2 is 2.04 bits per heavy atom.